The topological polar surface area (TPSA) is 56.6 Å². The quantitative estimate of drug-likeness (QED) is 0.458. The van der Waals surface area contributed by atoms with Crippen molar-refractivity contribution in [1.29, 1.82) is 0 Å². The summed E-state index contributed by atoms with van der Waals surface area (Å²) in [4.78, 5) is 18.7. The number of hydrogen-bond donors (Lipinski definition) is 1. The Morgan fingerprint density at radius 2 is 1.63 bits per heavy atom. The molecule has 178 valence electrons. The fourth-order valence-corrected chi connectivity index (χ4v) is 4.40. The second-order valence-corrected chi connectivity index (χ2v) is 9.42. The zero-order chi connectivity index (χ0) is 24.2. The monoisotopic (exact) mass is 504 g/mol. The predicted octanol–water partition coefficient (Wildman–Crippen LogP) is 6.05. The van der Waals surface area contributed by atoms with Gasteiger partial charge in [0.05, 0.1) is 16.6 Å². The van der Waals surface area contributed by atoms with Crippen molar-refractivity contribution in [3.63, 3.8) is 0 Å². The molecule has 1 saturated heterocycles. The first-order valence-electron chi connectivity index (χ1n) is 11.6. The average molecular weight is 505 g/mol. The lowest BCUT2D eigenvalue weighted by Gasteiger charge is -2.37. The highest BCUT2D eigenvalue weighted by Crippen LogP contribution is 2.28. The molecule has 2 aliphatic rings. The lowest BCUT2D eigenvalue weighted by Crippen LogP contribution is -2.47. The number of halogens is 2. The van der Waals surface area contributed by atoms with Gasteiger partial charge in [-0.1, -0.05) is 59.6 Å². The van der Waals surface area contributed by atoms with E-state index in [1.54, 1.807) is 0 Å². The maximum atomic E-state index is 6.23. The van der Waals surface area contributed by atoms with Crippen LogP contribution in [0.3, 0.4) is 0 Å². The summed E-state index contributed by atoms with van der Waals surface area (Å²) in [5.41, 5.74) is 3.41. The van der Waals surface area contributed by atoms with E-state index < -0.39 is 0 Å². The minimum absolute atomic E-state index is 0.572. The van der Waals surface area contributed by atoms with Crippen LogP contribution in [0.5, 0.6) is 0 Å². The normalized spacial score (nSPS) is 16.0. The fraction of sp³-hybridized carbons (Fsp3) is 0.222. The predicted molar refractivity (Wildman–Crippen MR) is 148 cm³/mol. The van der Waals surface area contributed by atoms with Crippen LogP contribution in [0, 0.1) is 0 Å². The van der Waals surface area contributed by atoms with Crippen LogP contribution < -0.4 is 15.1 Å². The largest absolute Gasteiger partial charge is 0.368 e. The number of nitrogens with zero attached hydrogens (tertiary/aromatic N) is 5. The minimum Gasteiger partial charge on any atom is -0.368 e. The van der Waals surface area contributed by atoms with Gasteiger partial charge in [-0.2, -0.15) is 0 Å². The van der Waals surface area contributed by atoms with Crippen molar-refractivity contribution in [2.24, 2.45) is 4.99 Å². The van der Waals surface area contributed by atoms with Crippen LogP contribution in [0.4, 0.5) is 17.3 Å². The highest BCUT2D eigenvalue weighted by molar-refractivity contribution is 6.42. The number of nitrogens with one attached hydrogen (secondary N) is 1. The molecule has 3 aromatic rings. The number of aromatic nitrogens is 2. The Bertz CT molecular complexity index is 1290. The number of aliphatic imine (C=N–C) groups is 1. The van der Waals surface area contributed by atoms with E-state index in [9.17, 15) is 0 Å². The molecule has 0 atom stereocenters. The summed E-state index contributed by atoms with van der Waals surface area (Å²) >= 11 is 12.3. The molecular formula is C27H26Cl2N6. The molecule has 0 spiro atoms. The number of benzene rings is 2. The lowest BCUT2D eigenvalue weighted by molar-refractivity contribution is 0.646. The van der Waals surface area contributed by atoms with Crippen LogP contribution in [-0.2, 0) is 0 Å². The van der Waals surface area contributed by atoms with Gasteiger partial charge in [-0.15, -0.1) is 0 Å². The van der Waals surface area contributed by atoms with Gasteiger partial charge in [0.2, 0.25) is 0 Å². The minimum atomic E-state index is 0.572. The maximum absolute atomic E-state index is 6.23. The molecule has 5 rings (SSSR count). The standard InChI is InChI=1S/C27H26Cl2N6/c1-19-15-25(30-18-19)32-26-17-27(33-24(31-26)10-7-20-5-3-2-4-6-20)35-13-11-34(12-14-35)21-8-9-22(28)23(29)16-21/h2-10,15-17H,11-14,18H2,1H3,(H,30,31,32,33)/b10-7+. The Kier molecular flexibility index (Phi) is 7.02. The lowest BCUT2D eigenvalue weighted by atomic mass is 10.2. The zero-order valence-electron chi connectivity index (χ0n) is 19.5. The van der Waals surface area contributed by atoms with Crippen molar-refractivity contribution < 1.29 is 0 Å². The van der Waals surface area contributed by atoms with E-state index in [1.807, 2.05) is 54.6 Å². The number of amidine groups is 1. The first-order valence-corrected chi connectivity index (χ1v) is 12.3. The van der Waals surface area contributed by atoms with E-state index >= 15 is 0 Å². The van der Waals surface area contributed by atoms with Crippen molar-refractivity contribution in [2.75, 3.05) is 47.8 Å². The van der Waals surface area contributed by atoms with E-state index in [1.165, 1.54) is 5.57 Å². The average Bonchev–Trinajstić information content (AvgIpc) is 3.29. The van der Waals surface area contributed by atoms with Crippen LogP contribution in [0.1, 0.15) is 18.3 Å². The zero-order valence-corrected chi connectivity index (χ0v) is 21.0. The van der Waals surface area contributed by atoms with Gasteiger partial charge < -0.3 is 15.1 Å². The molecular weight excluding hydrogens is 479 g/mol. The molecule has 0 aliphatic carbocycles. The number of hydrogen-bond acceptors (Lipinski definition) is 6. The molecule has 0 radical (unpaired) electrons. The number of rotatable bonds is 5. The smallest absolute Gasteiger partial charge is 0.156 e. The highest BCUT2D eigenvalue weighted by Gasteiger charge is 2.20. The third kappa shape index (κ3) is 5.84. The molecule has 35 heavy (non-hydrogen) atoms. The second-order valence-electron chi connectivity index (χ2n) is 8.60. The summed E-state index contributed by atoms with van der Waals surface area (Å²) in [6.45, 7) is 6.17. The van der Waals surface area contributed by atoms with Crippen molar-refractivity contribution in [1.82, 2.24) is 9.97 Å². The van der Waals surface area contributed by atoms with Crippen LogP contribution in [0.15, 0.2) is 71.2 Å². The van der Waals surface area contributed by atoms with Crippen molar-refractivity contribution in [3.05, 3.63) is 87.7 Å². The summed E-state index contributed by atoms with van der Waals surface area (Å²) in [5.74, 6) is 3.11. The molecule has 8 heteroatoms. The Morgan fingerprint density at radius 3 is 2.34 bits per heavy atom. The summed E-state index contributed by atoms with van der Waals surface area (Å²) < 4.78 is 0. The first kappa shape index (κ1) is 23.4. The van der Waals surface area contributed by atoms with E-state index in [2.05, 4.69) is 45.2 Å². The van der Waals surface area contributed by atoms with Crippen molar-refractivity contribution in [2.45, 2.75) is 6.92 Å². The molecule has 1 fully saturated rings. The van der Waals surface area contributed by atoms with Gasteiger partial charge in [0.15, 0.2) is 5.82 Å². The number of piperazine rings is 1. The molecule has 1 N–H and O–H groups in total. The molecule has 2 aromatic carbocycles. The maximum Gasteiger partial charge on any atom is 0.156 e. The Labute approximate surface area is 215 Å². The fourth-order valence-electron chi connectivity index (χ4n) is 4.10. The summed E-state index contributed by atoms with van der Waals surface area (Å²) in [7, 11) is 0. The molecule has 0 saturated carbocycles. The SMILES string of the molecule is CC1=CC(Nc2cc(N3CCN(c4ccc(Cl)c(Cl)c4)CC3)nc(/C=C/c3ccccc3)n2)=NC1. The molecule has 0 bridgehead atoms. The summed E-state index contributed by atoms with van der Waals surface area (Å²) in [6, 6.07) is 17.9. The molecule has 3 heterocycles. The summed E-state index contributed by atoms with van der Waals surface area (Å²) in [6.07, 6.45) is 6.03. The molecule has 6 nitrogen and oxygen atoms in total. The second kappa shape index (κ2) is 10.5. The van der Waals surface area contributed by atoms with E-state index in [4.69, 9.17) is 33.2 Å². The van der Waals surface area contributed by atoms with E-state index in [0.29, 0.717) is 15.9 Å². The number of anilines is 3. The Hall–Kier alpha value is -3.35. The van der Waals surface area contributed by atoms with E-state index in [0.717, 1.165) is 61.4 Å². The molecule has 1 aromatic heterocycles. The molecule has 0 unspecified atom stereocenters. The van der Waals surface area contributed by atoms with Gasteiger partial charge >= 0.3 is 0 Å². The first-order chi connectivity index (χ1) is 17.0. The van der Waals surface area contributed by atoms with Crippen LogP contribution >= 0.6 is 23.2 Å². The Balaban J connectivity index is 1.36. The van der Waals surface area contributed by atoms with Crippen molar-refractivity contribution >= 4 is 58.5 Å². The van der Waals surface area contributed by atoms with Gasteiger partial charge in [-0.3, -0.25) is 4.99 Å². The van der Waals surface area contributed by atoms with Crippen molar-refractivity contribution in [3.8, 4) is 0 Å². The third-order valence-corrected chi connectivity index (χ3v) is 6.70. The Morgan fingerprint density at radius 1 is 0.857 bits per heavy atom. The van der Waals surface area contributed by atoms with Gasteiger partial charge in [-0.25, -0.2) is 9.97 Å². The highest BCUT2D eigenvalue weighted by atomic mass is 35.5. The summed E-state index contributed by atoms with van der Waals surface area (Å²) in [5, 5.41) is 4.51. The van der Waals surface area contributed by atoms with Gasteiger partial charge in [-0.05, 0) is 48.4 Å². The molecule has 0 amide bonds. The van der Waals surface area contributed by atoms with E-state index in [-0.39, 0.29) is 0 Å². The van der Waals surface area contributed by atoms with Crippen LogP contribution in [-0.4, -0.2) is 48.5 Å². The molecule has 2 aliphatic heterocycles. The van der Waals surface area contributed by atoms with Gasteiger partial charge in [0, 0.05) is 37.9 Å². The van der Waals surface area contributed by atoms with Gasteiger partial charge in [0.25, 0.3) is 0 Å². The van der Waals surface area contributed by atoms with Crippen LogP contribution in [0.2, 0.25) is 10.0 Å². The van der Waals surface area contributed by atoms with Gasteiger partial charge in [0.1, 0.15) is 17.5 Å². The third-order valence-electron chi connectivity index (χ3n) is 5.96. The van der Waals surface area contributed by atoms with Crippen LogP contribution in [0.25, 0.3) is 12.2 Å².